The first-order chi connectivity index (χ1) is 15.0. The topological polar surface area (TPSA) is 185 Å². The van der Waals surface area contributed by atoms with Gasteiger partial charge in [0.25, 0.3) is 0 Å². The molecule has 0 fully saturated rings. The van der Waals surface area contributed by atoms with E-state index in [0.29, 0.717) is 11.1 Å². The minimum atomic E-state index is -4.70. The van der Waals surface area contributed by atoms with Crippen LogP contribution in [0.5, 0.6) is 0 Å². The maximum absolute atomic E-state index is 12.8. The summed E-state index contributed by atoms with van der Waals surface area (Å²) in [4.78, 5) is 37.5. The summed E-state index contributed by atoms with van der Waals surface area (Å²) in [6.07, 6.45) is -0.300. The highest BCUT2D eigenvalue weighted by Crippen LogP contribution is 2.32. The number of hydrogen-bond donors (Lipinski definition) is 2. The van der Waals surface area contributed by atoms with Crippen molar-refractivity contribution in [1.82, 2.24) is 6.15 Å². The Morgan fingerprint density at radius 2 is 1.42 bits per heavy atom. The third-order valence-electron chi connectivity index (χ3n) is 4.71. The first-order valence-electron chi connectivity index (χ1n) is 9.21. The first kappa shape index (κ1) is 27.6. The molecule has 33 heavy (non-hydrogen) atoms. The number of anilines is 1. The minimum Gasteiger partial charge on any atom is -0.731 e. The number of esters is 3. The Bertz CT molecular complexity index is 1080. The second-order valence-corrected chi connectivity index (χ2v) is 7.98. The standard InChI is InChI=1S/C21H23NO9S.H3N/c1-29-18(23)16-6-4-5-15(11-16)13-21(19(24)30-2,20(25)31-3)12-14-7-9-17(10-8-14)22-32(26,27)28;/h4-11,22H,12-13H2,1-3H3,(H,26,27,28);1H3. The largest absolute Gasteiger partial charge is 0.731 e. The molecule has 0 spiro atoms. The molecule has 0 aliphatic rings. The van der Waals surface area contributed by atoms with Crippen molar-refractivity contribution in [3.05, 3.63) is 65.2 Å². The molecule has 2 rings (SSSR count). The van der Waals surface area contributed by atoms with Crippen LogP contribution in [0.25, 0.3) is 0 Å². The summed E-state index contributed by atoms with van der Waals surface area (Å²) in [7, 11) is -1.19. The Labute approximate surface area is 191 Å². The van der Waals surface area contributed by atoms with E-state index in [9.17, 15) is 27.4 Å². The molecular weight excluding hydrogens is 456 g/mol. The van der Waals surface area contributed by atoms with E-state index in [4.69, 9.17) is 14.2 Å². The SMILES string of the molecule is COC(=O)c1cccc(CC(Cc2ccc(NS(=O)(=O)[O-])cc2)(C(=O)OC)C(=O)OC)c1.[NH4+]. The normalized spacial score (nSPS) is 11.0. The van der Waals surface area contributed by atoms with Gasteiger partial charge in [0.05, 0.1) is 26.9 Å². The van der Waals surface area contributed by atoms with Gasteiger partial charge in [0.15, 0.2) is 15.7 Å². The molecule has 0 unspecified atom stereocenters. The van der Waals surface area contributed by atoms with E-state index in [1.165, 1.54) is 43.5 Å². The predicted octanol–water partition coefficient (Wildman–Crippen LogP) is 1.84. The highest BCUT2D eigenvalue weighted by atomic mass is 32.2. The van der Waals surface area contributed by atoms with Crippen LogP contribution in [0.3, 0.4) is 0 Å². The third-order valence-corrected chi connectivity index (χ3v) is 5.19. The molecule has 0 saturated carbocycles. The fourth-order valence-corrected chi connectivity index (χ4v) is 3.71. The second kappa shape index (κ2) is 11.4. The third kappa shape index (κ3) is 7.00. The fourth-order valence-electron chi connectivity index (χ4n) is 3.28. The van der Waals surface area contributed by atoms with Crippen LogP contribution in [0.15, 0.2) is 48.5 Å². The van der Waals surface area contributed by atoms with Crippen molar-refractivity contribution < 1.29 is 41.6 Å². The summed E-state index contributed by atoms with van der Waals surface area (Å²) < 4.78 is 48.9. The van der Waals surface area contributed by atoms with Crippen LogP contribution in [0.2, 0.25) is 0 Å². The smallest absolute Gasteiger partial charge is 0.337 e. The van der Waals surface area contributed by atoms with Crippen molar-refractivity contribution in [3.8, 4) is 0 Å². The van der Waals surface area contributed by atoms with E-state index >= 15 is 0 Å². The number of nitrogens with one attached hydrogen (secondary N) is 1. The van der Waals surface area contributed by atoms with Crippen molar-refractivity contribution in [2.24, 2.45) is 5.41 Å². The number of carbonyl (C=O) groups is 3. The maximum atomic E-state index is 12.8. The molecule has 0 aliphatic heterocycles. The van der Waals surface area contributed by atoms with Gasteiger partial charge in [0.1, 0.15) is 0 Å². The summed E-state index contributed by atoms with van der Waals surface area (Å²) in [5.74, 6) is -2.28. The number of hydrogen-bond acceptors (Lipinski definition) is 9. The highest BCUT2D eigenvalue weighted by molar-refractivity contribution is 7.87. The van der Waals surface area contributed by atoms with E-state index in [1.807, 2.05) is 0 Å². The molecule has 2 aromatic carbocycles. The quantitative estimate of drug-likeness (QED) is 0.233. The van der Waals surface area contributed by atoms with Crippen LogP contribution in [-0.4, -0.2) is 52.2 Å². The highest BCUT2D eigenvalue weighted by Gasteiger charge is 2.48. The molecule has 0 amide bonds. The molecular formula is C21H26N2O9S. The van der Waals surface area contributed by atoms with E-state index in [1.54, 1.807) is 16.9 Å². The molecule has 2 aromatic rings. The molecule has 0 aliphatic carbocycles. The Balaban J connectivity index is 0.00000544. The van der Waals surface area contributed by atoms with Gasteiger partial charge in [-0.3, -0.25) is 14.3 Å². The molecule has 11 nitrogen and oxygen atoms in total. The first-order valence-corrected chi connectivity index (χ1v) is 10.6. The molecule has 180 valence electrons. The van der Waals surface area contributed by atoms with Gasteiger partial charge in [0.2, 0.25) is 0 Å². The molecule has 0 atom stereocenters. The average molecular weight is 483 g/mol. The maximum Gasteiger partial charge on any atom is 0.337 e. The lowest BCUT2D eigenvalue weighted by atomic mass is 9.76. The lowest BCUT2D eigenvalue weighted by Crippen LogP contribution is -2.45. The van der Waals surface area contributed by atoms with Gasteiger partial charge in [-0.1, -0.05) is 24.3 Å². The van der Waals surface area contributed by atoms with Crippen molar-refractivity contribution in [1.29, 1.82) is 0 Å². The Kier molecular flexibility index (Phi) is 9.52. The van der Waals surface area contributed by atoms with Crippen LogP contribution in [0.4, 0.5) is 5.69 Å². The van der Waals surface area contributed by atoms with Crippen molar-refractivity contribution in [2.45, 2.75) is 12.8 Å². The zero-order chi connectivity index (χ0) is 23.9. The van der Waals surface area contributed by atoms with Crippen molar-refractivity contribution in [3.63, 3.8) is 0 Å². The Hall–Kier alpha value is -3.48. The lowest BCUT2D eigenvalue weighted by molar-refractivity contribution is -0.169. The number of ether oxygens (including phenoxy) is 3. The van der Waals surface area contributed by atoms with Crippen LogP contribution < -0.4 is 10.9 Å². The van der Waals surface area contributed by atoms with Gasteiger partial charge in [-0.25, -0.2) is 13.2 Å². The summed E-state index contributed by atoms with van der Waals surface area (Å²) in [5, 5.41) is 0. The van der Waals surface area contributed by atoms with Gasteiger partial charge >= 0.3 is 17.9 Å². The Morgan fingerprint density at radius 1 is 0.879 bits per heavy atom. The molecule has 0 bridgehead atoms. The summed E-state index contributed by atoms with van der Waals surface area (Å²) in [6, 6.07) is 11.8. The fraction of sp³-hybridized carbons (Fsp3) is 0.286. The average Bonchev–Trinajstić information content (AvgIpc) is 2.77. The molecule has 0 aromatic heterocycles. The van der Waals surface area contributed by atoms with Gasteiger partial charge in [-0.05, 0) is 48.2 Å². The monoisotopic (exact) mass is 482 g/mol. The van der Waals surface area contributed by atoms with E-state index in [-0.39, 0.29) is 30.2 Å². The van der Waals surface area contributed by atoms with Crippen LogP contribution >= 0.6 is 0 Å². The summed E-state index contributed by atoms with van der Waals surface area (Å²) in [6.45, 7) is 0. The van der Waals surface area contributed by atoms with Gasteiger partial charge in [0, 0.05) is 5.69 Å². The van der Waals surface area contributed by atoms with Gasteiger partial charge in [-0.2, -0.15) is 0 Å². The zero-order valence-electron chi connectivity index (χ0n) is 18.6. The molecule has 0 radical (unpaired) electrons. The Morgan fingerprint density at radius 3 is 1.91 bits per heavy atom. The number of methoxy groups -OCH3 is 3. The number of carbonyl (C=O) groups excluding carboxylic acids is 3. The zero-order valence-corrected chi connectivity index (χ0v) is 19.4. The molecule has 5 N–H and O–H groups in total. The van der Waals surface area contributed by atoms with Gasteiger partial charge in [-0.15, -0.1) is 0 Å². The van der Waals surface area contributed by atoms with E-state index in [2.05, 4.69) is 0 Å². The number of benzene rings is 2. The van der Waals surface area contributed by atoms with E-state index in [0.717, 1.165) is 14.2 Å². The number of rotatable bonds is 9. The number of quaternary nitrogens is 1. The van der Waals surface area contributed by atoms with Crippen molar-refractivity contribution >= 4 is 33.9 Å². The lowest BCUT2D eigenvalue weighted by Gasteiger charge is -2.28. The van der Waals surface area contributed by atoms with Crippen molar-refractivity contribution in [2.75, 3.05) is 26.1 Å². The predicted molar refractivity (Wildman–Crippen MR) is 117 cm³/mol. The summed E-state index contributed by atoms with van der Waals surface area (Å²) in [5.41, 5.74) is -0.574. The van der Waals surface area contributed by atoms with Crippen LogP contribution in [0, 0.1) is 5.41 Å². The van der Waals surface area contributed by atoms with Crippen LogP contribution in [-0.2, 0) is 46.9 Å². The minimum absolute atomic E-state index is 0. The van der Waals surface area contributed by atoms with Gasteiger partial charge < -0.3 is 24.9 Å². The summed E-state index contributed by atoms with van der Waals surface area (Å²) >= 11 is 0. The van der Waals surface area contributed by atoms with Crippen LogP contribution in [0.1, 0.15) is 21.5 Å². The van der Waals surface area contributed by atoms with E-state index < -0.39 is 33.6 Å². The molecule has 12 heteroatoms. The molecule has 0 heterocycles. The second-order valence-electron chi connectivity index (χ2n) is 6.86. The molecule has 0 saturated heterocycles.